The zero-order valence-corrected chi connectivity index (χ0v) is 16.2. The lowest BCUT2D eigenvalue weighted by molar-refractivity contribution is 0.102. The van der Waals surface area contributed by atoms with E-state index in [9.17, 15) is 13.2 Å². The fraction of sp³-hybridized carbons (Fsp3) is 0.316. The van der Waals surface area contributed by atoms with Crippen LogP contribution in [0.5, 0.6) is 11.5 Å². The zero-order chi connectivity index (χ0) is 19.9. The van der Waals surface area contributed by atoms with Crippen LogP contribution in [0, 0.1) is 0 Å². The minimum Gasteiger partial charge on any atom is -0.490 e. The summed E-state index contributed by atoms with van der Waals surface area (Å²) in [6.45, 7) is 5.13. The Morgan fingerprint density at radius 3 is 2.11 bits per heavy atom. The summed E-state index contributed by atoms with van der Waals surface area (Å²) in [7, 11) is -3.79. The minimum absolute atomic E-state index is 0.0493. The Hall–Kier alpha value is -2.58. The normalized spacial score (nSPS) is 11.1. The number of hydrogen-bond acceptors (Lipinski definition) is 5. The van der Waals surface area contributed by atoms with Crippen molar-refractivity contribution in [2.24, 2.45) is 5.14 Å². The molecular formula is C19H24N2O5S. The van der Waals surface area contributed by atoms with E-state index >= 15 is 0 Å². The van der Waals surface area contributed by atoms with E-state index in [1.807, 2.05) is 13.8 Å². The van der Waals surface area contributed by atoms with Crippen molar-refractivity contribution in [1.29, 1.82) is 0 Å². The lowest BCUT2D eigenvalue weighted by atomic mass is 10.2. The summed E-state index contributed by atoms with van der Waals surface area (Å²) in [4.78, 5) is 12.3. The maximum absolute atomic E-state index is 12.4. The molecule has 0 radical (unpaired) electrons. The zero-order valence-electron chi connectivity index (χ0n) is 15.4. The van der Waals surface area contributed by atoms with Crippen molar-refractivity contribution in [2.45, 2.75) is 31.6 Å². The van der Waals surface area contributed by atoms with Crippen LogP contribution >= 0.6 is 0 Å². The van der Waals surface area contributed by atoms with E-state index in [1.54, 1.807) is 18.2 Å². The number of carbonyl (C=O) groups excluding carboxylic acids is 1. The van der Waals surface area contributed by atoms with Gasteiger partial charge in [-0.05, 0) is 49.2 Å². The van der Waals surface area contributed by atoms with Gasteiger partial charge in [0.25, 0.3) is 5.91 Å². The highest BCUT2D eigenvalue weighted by Gasteiger charge is 2.12. The average Bonchev–Trinajstić information content (AvgIpc) is 2.65. The quantitative estimate of drug-likeness (QED) is 0.681. The van der Waals surface area contributed by atoms with Crippen LogP contribution in [0.25, 0.3) is 0 Å². The molecule has 0 spiro atoms. The van der Waals surface area contributed by atoms with Crippen molar-refractivity contribution in [3.8, 4) is 11.5 Å². The van der Waals surface area contributed by atoms with E-state index in [4.69, 9.17) is 14.6 Å². The lowest BCUT2D eigenvalue weighted by Gasteiger charge is -2.14. The van der Waals surface area contributed by atoms with Crippen LogP contribution in [0.15, 0.2) is 47.4 Å². The molecule has 3 N–H and O–H groups in total. The molecule has 0 heterocycles. The molecule has 0 aromatic heterocycles. The number of carbonyl (C=O) groups is 1. The summed E-state index contributed by atoms with van der Waals surface area (Å²) in [5.74, 6) is 0.813. The molecule has 0 fully saturated rings. The van der Waals surface area contributed by atoms with Crippen LogP contribution in [0.3, 0.4) is 0 Å². The molecule has 0 unspecified atom stereocenters. The van der Waals surface area contributed by atoms with Gasteiger partial charge in [-0.1, -0.05) is 13.8 Å². The highest BCUT2D eigenvalue weighted by Crippen LogP contribution is 2.31. The molecule has 8 heteroatoms. The number of amides is 1. The highest BCUT2D eigenvalue weighted by atomic mass is 32.2. The van der Waals surface area contributed by atoms with Gasteiger partial charge in [0, 0.05) is 17.3 Å². The number of ether oxygens (including phenoxy) is 2. The molecular weight excluding hydrogens is 368 g/mol. The van der Waals surface area contributed by atoms with E-state index < -0.39 is 10.0 Å². The summed E-state index contributed by atoms with van der Waals surface area (Å²) in [6, 6.07) is 10.6. The third-order valence-corrected chi connectivity index (χ3v) is 4.50. The van der Waals surface area contributed by atoms with Gasteiger partial charge in [-0.2, -0.15) is 0 Å². The van der Waals surface area contributed by atoms with Crippen LogP contribution in [0.1, 0.15) is 37.0 Å². The second kappa shape index (κ2) is 9.38. The maximum atomic E-state index is 12.4. The standard InChI is InChI=1S/C19H24N2O5S/c1-3-11-25-17-10-7-15(13-18(17)26-12-4-2)21-19(22)14-5-8-16(9-6-14)27(20,23)24/h5-10,13H,3-4,11-12H2,1-2H3,(H,21,22)(H2,20,23,24). The summed E-state index contributed by atoms with van der Waals surface area (Å²) in [6.07, 6.45) is 1.72. The molecule has 7 nitrogen and oxygen atoms in total. The predicted molar refractivity (Wildman–Crippen MR) is 104 cm³/mol. The van der Waals surface area contributed by atoms with E-state index in [0.29, 0.717) is 36.0 Å². The second-order valence-electron chi connectivity index (χ2n) is 5.88. The van der Waals surface area contributed by atoms with Gasteiger partial charge in [0.05, 0.1) is 18.1 Å². The second-order valence-corrected chi connectivity index (χ2v) is 7.44. The predicted octanol–water partition coefficient (Wildman–Crippen LogP) is 3.16. The van der Waals surface area contributed by atoms with Crippen molar-refractivity contribution in [1.82, 2.24) is 0 Å². The third kappa shape index (κ3) is 5.97. The molecule has 27 heavy (non-hydrogen) atoms. The molecule has 2 aromatic rings. The molecule has 2 aromatic carbocycles. The smallest absolute Gasteiger partial charge is 0.255 e. The summed E-state index contributed by atoms with van der Waals surface area (Å²) in [5, 5.41) is 7.82. The van der Waals surface area contributed by atoms with Gasteiger partial charge in [0.15, 0.2) is 11.5 Å². The van der Waals surface area contributed by atoms with E-state index in [0.717, 1.165) is 12.8 Å². The molecule has 2 rings (SSSR count). The van der Waals surface area contributed by atoms with Gasteiger partial charge in [0.1, 0.15) is 0 Å². The SMILES string of the molecule is CCCOc1ccc(NC(=O)c2ccc(S(N)(=O)=O)cc2)cc1OCCC. The number of primary sulfonamides is 1. The summed E-state index contributed by atoms with van der Waals surface area (Å²) >= 11 is 0. The molecule has 0 aliphatic rings. The van der Waals surface area contributed by atoms with E-state index in [1.165, 1.54) is 24.3 Å². The van der Waals surface area contributed by atoms with Crippen molar-refractivity contribution in [3.63, 3.8) is 0 Å². The van der Waals surface area contributed by atoms with Gasteiger partial charge >= 0.3 is 0 Å². The monoisotopic (exact) mass is 392 g/mol. The Morgan fingerprint density at radius 2 is 1.56 bits per heavy atom. The Labute approximate surface area is 159 Å². The average molecular weight is 392 g/mol. The number of sulfonamides is 1. The third-order valence-electron chi connectivity index (χ3n) is 3.57. The number of nitrogens with two attached hydrogens (primary N) is 1. The lowest BCUT2D eigenvalue weighted by Crippen LogP contribution is -2.14. The topological polar surface area (TPSA) is 108 Å². The maximum Gasteiger partial charge on any atom is 0.255 e. The van der Waals surface area contributed by atoms with Gasteiger partial charge in [-0.25, -0.2) is 13.6 Å². The van der Waals surface area contributed by atoms with Gasteiger partial charge < -0.3 is 14.8 Å². The molecule has 146 valence electrons. The number of rotatable bonds is 9. The first kappa shape index (κ1) is 20.7. The van der Waals surface area contributed by atoms with Crippen LogP contribution in [-0.4, -0.2) is 27.5 Å². The fourth-order valence-electron chi connectivity index (χ4n) is 2.24. The molecule has 0 saturated heterocycles. The Balaban J connectivity index is 2.16. The van der Waals surface area contributed by atoms with Crippen molar-refractivity contribution in [2.75, 3.05) is 18.5 Å². The highest BCUT2D eigenvalue weighted by molar-refractivity contribution is 7.89. The first-order valence-corrected chi connectivity index (χ1v) is 10.2. The van der Waals surface area contributed by atoms with Crippen molar-refractivity contribution in [3.05, 3.63) is 48.0 Å². The number of nitrogens with one attached hydrogen (secondary N) is 1. The number of benzene rings is 2. The van der Waals surface area contributed by atoms with Gasteiger partial charge in [0.2, 0.25) is 10.0 Å². The van der Waals surface area contributed by atoms with Crippen LogP contribution in [-0.2, 0) is 10.0 Å². The molecule has 0 saturated carbocycles. The largest absolute Gasteiger partial charge is 0.490 e. The van der Waals surface area contributed by atoms with E-state index in [2.05, 4.69) is 5.32 Å². The van der Waals surface area contributed by atoms with E-state index in [-0.39, 0.29) is 10.8 Å². The Bertz CT molecular complexity index is 879. The minimum atomic E-state index is -3.79. The number of anilines is 1. The molecule has 0 aliphatic heterocycles. The molecule has 1 amide bonds. The van der Waals surface area contributed by atoms with Gasteiger partial charge in [-0.3, -0.25) is 4.79 Å². The van der Waals surface area contributed by atoms with Crippen LogP contribution in [0.4, 0.5) is 5.69 Å². The number of hydrogen-bond donors (Lipinski definition) is 2. The Kier molecular flexibility index (Phi) is 7.20. The first-order chi connectivity index (χ1) is 12.8. The van der Waals surface area contributed by atoms with Crippen molar-refractivity contribution >= 4 is 21.6 Å². The van der Waals surface area contributed by atoms with Crippen LogP contribution < -0.4 is 19.9 Å². The first-order valence-electron chi connectivity index (χ1n) is 8.69. The summed E-state index contributed by atoms with van der Waals surface area (Å²) in [5.41, 5.74) is 0.857. The molecule has 0 bridgehead atoms. The van der Waals surface area contributed by atoms with Crippen molar-refractivity contribution < 1.29 is 22.7 Å². The molecule has 0 atom stereocenters. The fourth-order valence-corrected chi connectivity index (χ4v) is 2.76. The Morgan fingerprint density at radius 1 is 0.963 bits per heavy atom. The van der Waals surface area contributed by atoms with Crippen LogP contribution in [0.2, 0.25) is 0 Å². The molecule has 0 aliphatic carbocycles. The van der Waals surface area contributed by atoms with Gasteiger partial charge in [-0.15, -0.1) is 0 Å². The summed E-state index contributed by atoms with van der Waals surface area (Å²) < 4.78 is 33.9.